The van der Waals surface area contributed by atoms with Crippen LogP contribution >= 0.6 is 0 Å². The van der Waals surface area contributed by atoms with Gasteiger partial charge in [-0.3, -0.25) is 9.59 Å². The predicted octanol–water partition coefficient (Wildman–Crippen LogP) is 4.13. The van der Waals surface area contributed by atoms with E-state index < -0.39 is 21.7 Å². The molecule has 180 valence electrons. The summed E-state index contributed by atoms with van der Waals surface area (Å²) < 4.78 is 33.6. The highest BCUT2D eigenvalue weighted by molar-refractivity contribution is 7.89. The van der Waals surface area contributed by atoms with Crippen molar-refractivity contribution in [3.8, 4) is 0 Å². The quantitative estimate of drug-likeness (QED) is 0.421. The second kappa shape index (κ2) is 9.35. The number of amides is 1. The average molecular weight is 483 g/mol. The summed E-state index contributed by atoms with van der Waals surface area (Å²) in [6.45, 7) is 7.33. The first kappa shape index (κ1) is 24.2. The van der Waals surface area contributed by atoms with Crippen LogP contribution in [0.2, 0.25) is 0 Å². The summed E-state index contributed by atoms with van der Waals surface area (Å²) in [5.41, 5.74) is 1.59. The molecule has 1 amide bonds. The second-order valence-electron chi connectivity index (χ2n) is 9.84. The fourth-order valence-electron chi connectivity index (χ4n) is 4.13. The fraction of sp³-hybridized carbons (Fsp3) is 0.385. The molecule has 2 aromatic carbocycles. The molecular weight excluding hydrogens is 452 g/mol. The maximum Gasteiger partial charge on any atom is 0.298 e. The topological polar surface area (TPSA) is 96.7 Å². The molecule has 0 aliphatic carbocycles. The summed E-state index contributed by atoms with van der Waals surface area (Å²) in [6, 6.07) is 15.8. The van der Waals surface area contributed by atoms with E-state index >= 15 is 0 Å². The molecule has 1 N–H and O–H groups in total. The lowest BCUT2D eigenvalue weighted by molar-refractivity contribution is -0.127. The summed E-state index contributed by atoms with van der Waals surface area (Å²) in [4.78, 5) is 27.1. The van der Waals surface area contributed by atoms with Crippen molar-refractivity contribution < 1.29 is 22.4 Å². The zero-order chi connectivity index (χ0) is 24.5. The molecule has 4 rings (SSSR count). The highest BCUT2D eigenvalue weighted by Crippen LogP contribution is 2.24. The van der Waals surface area contributed by atoms with Crippen LogP contribution in [0.3, 0.4) is 0 Å². The third kappa shape index (κ3) is 5.23. The first-order chi connectivity index (χ1) is 16.0. The van der Waals surface area contributed by atoms with Gasteiger partial charge in [0.1, 0.15) is 5.58 Å². The number of nitrogens with zero attached hydrogens (tertiary/aromatic N) is 1. The van der Waals surface area contributed by atoms with Gasteiger partial charge in [0.2, 0.25) is 10.0 Å². The molecule has 0 atom stereocenters. The molecule has 1 fully saturated rings. The molecule has 0 bridgehead atoms. The SMILES string of the molecule is CC(C)(C)c1ccc(S(=O)(=O)NCC2CCN(C(=O)C(=O)c3cc4ccccc4o3)CC2)cc1. The number of benzene rings is 2. The summed E-state index contributed by atoms with van der Waals surface area (Å²) >= 11 is 0. The van der Waals surface area contributed by atoms with E-state index in [9.17, 15) is 18.0 Å². The van der Waals surface area contributed by atoms with Gasteiger partial charge >= 0.3 is 0 Å². The lowest BCUT2D eigenvalue weighted by Crippen LogP contribution is -2.44. The van der Waals surface area contributed by atoms with Gasteiger partial charge in [-0.15, -0.1) is 0 Å². The van der Waals surface area contributed by atoms with Crippen molar-refractivity contribution in [3.05, 3.63) is 65.9 Å². The van der Waals surface area contributed by atoms with Crippen LogP contribution in [0.25, 0.3) is 11.0 Å². The zero-order valence-electron chi connectivity index (χ0n) is 19.7. The lowest BCUT2D eigenvalue weighted by Gasteiger charge is -2.31. The lowest BCUT2D eigenvalue weighted by atomic mass is 9.87. The Hall–Kier alpha value is -2.97. The van der Waals surface area contributed by atoms with Crippen LogP contribution in [-0.2, 0) is 20.2 Å². The van der Waals surface area contributed by atoms with Crippen molar-refractivity contribution in [3.63, 3.8) is 0 Å². The first-order valence-electron chi connectivity index (χ1n) is 11.5. The van der Waals surface area contributed by atoms with E-state index in [4.69, 9.17) is 4.42 Å². The van der Waals surface area contributed by atoms with Gasteiger partial charge in [-0.25, -0.2) is 13.1 Å². The number of carbonyl (C=O) groups is 2. The van der Waals surface area contributed by atoms with E-state index in [2.05, 4.69) is 25.5 Å². The molecule has 7 nitrogen and oxygen atoms in total. The minimum Gasteiger partial charge on any atom is -0.452 e. The Bertz CT molecular complexity index is 1260. The zero-order valence-corrected chi connectivity index (χ0v) is 20.5. The number of fused-ring (bicyclic) bond motifs is 1. The average Bonchev–Trinajstić information content (AvgIpc) is 3.26. The van der Waals surface area contributed by atoms with Gasteiger partial charge in [-0.2, -0.15) is 0 Å². The van der Waals surface area contributed by atoms with Crippen molar-refractivity contribution >= 4 is 32.7 Å². The first-order valence-corrected chi connectivity index (χ1v) is 13.0. The van der Waals surface area contributed by atoms with Crippen LogP contribution in [0.1, 0.15) is 49.7 Å². The van der Waals surface area contributed by atoms with Crippen molar-refractivity contribution in [1.82, 2.24) is 9.62 Å². The monoisotopic (exact) mass is 482 g/mol. The van der Waals surface area contributed by atoms with Crippen molar-refractivity contribution in [2.75, 3.05) is 19.6 Å². The van der Waals surface area contributed by atoms with Crippen LogP contribution in [0.4, 0.5) is 0 Å². The van der Waals surface area contributed by atoms with E-state index in [1.165, 1.54) is 4.90 Å². The molecule has 34 heavy (non-hydrogen) atoms. The van der Waals surface area contributed by atoms with E-state index in [1.54, 1.807) is 24.3 Å². The van der Waals surface area contributed by atoms with Crippen LogP contribution in [-0.4, -0.2) is 44.6 Å². The molecule has 8 heteroatoms. The van der Waals surface area contributed by atoms with Crippen molar-refractivity contribution in [2.45, 2.75) is 43.9 Å². The Morgan fingerprint density at radius 3 is 2.29 bits per heavy atom. The molecule has 1 aliphatic rings. The third-order valence-electron chi connectivity index (χ3n) is 6.34. The number of rotatable bonds is 6. The summed E-state index contributed by atoms with van der Waals surface area (Å²) in [6.07, 6.45) is 1.23. The van der Waals surface area contributed by atoms with Crippen LogP contribution < -0.4 is 4.72 Å². The molecule has 1 aliphatic heterocycles. The number of furan rings is 1. The maximum absolute atomic E-state index is 12.7. The summed E-state index contributed by atoms with van der Waals surface area (Å²) in [5.74, 6) is -1.11. The molecule has 3 aromatic rings. The van der Waals surface area contributed by atoms with Gasteiger partial charge in [-0.05, 0) is 54.0 Å². The molecule has 1 saturated heterocycles. The number of ketones is 1. The van der Waals surface area contributed by atoms with E-state index in [-0.39, 0.29) is 22.0 Å². The summed E-state index contributed by atoms with van der Waals surface area (Å²) in [7, 11) is -3.61. The largest absolute Gasteiger partial charge is 0.452 e. The maximum atomic E-state index is 12.7. The second-order valence-corrected chi connectivity index (χ2v) is 11.6. The van der Waals surface area contributed by atoms with Gasteiger partial charge in [0, 0.05) is 25.0 Å². The normalized spacial score (nSPS) is 15.6. The molecule has 0 radical (unpaired) electrons. The van der Waals surface area contributed by atoms with Crippen LogP contribution in [0.15, 0.2) is 63.9 Å². The standard InChI is InChI=1S/C26H30N2O5S/c1-26(2,3)20-8-10-21(11-9-20)34(31,32)27-17-18-12-14-28(15-13-18)25(30)24(29)23-16-19-6-4-5-7-22(19)33-23/h4-11,16,18,27H,12-15,17H2,1-3H3. The number of hydrogen-bond donors (Lipinski definition) is 1. The molecular formula is C26H30N2O5S. The number of carbonyl (C=O) groups excluding carboxylic acids is 2. The molecule has 2 heterocycles. The molecule has 1 aromatic heterocycles. The molecule has 0 spiro atoms. The highest BCUT2D eigenvalue weighted by atomic mass is 32.2. The number of likely N-dealkylation sites (tertiary alicyclic amines) is 1. The minimum absolute atomic E-state index is 0.0403. The summed E-state index contributed by atoms with van der Waals surface area (Å²) in [5, 5.41) is 0.776. The highest BCUT2D eigenvalue weighted by Gasteiger charge is 2.30. The number of hydrogen-bond acceptors (Lipinski definition) is 5. The molecule has 0 saturated carbocycles. The van der Waals surface area contributed by atoms with E-state index in [0.29, 0.717) is 38.1 Å². The van der Waals surface area contributed by atoms with Crippen LogP contribution in [0, 0.1) is 5.92 Å². The van der Waals surface area contributed by atoms with Gasteiger partial charge in [0.15, 0.2) is 5.76 Å². The Labute approximate surface area is 200 Å². The minimum atomic E-state index is -3.61. The Balaban J connectivity index is 1.30. The predicted molar refractivity (Wildman–Crippen MR) is 130 cm³/mol. The molecule has 0 unspecified atom stereocenters. The number of Topliss-reactive ketones (excluding diaryl/α,β-unsaturated/α-hetero) is 1. The Morgan fingerprint density at radius 1 is 1.03 bits per heavy atom. The number of para-hydroxylation sites is 1. The Kier molecular flexibility index (Phi) is 6.64. The smallest absolute Gasteiger partial charge is 0.298 e. The van der Waals surface area contributed by atoms with Gasteiger partial charge in [-0.1, -0.05) is 51.1 Å². The number of nitrogens with one attached hydrogen (secondary N) is 1. The van der Waals surface area contributed by atoms with Crippen LogP contribution in [0.5, 0.6) is 0 Å². The fourth-order valence-corrected chi connectivity index (χ4v) is 5.24. The Morgan fingerprint density at radius 2 is 1.68 bits per heavy atom. The van der Waals surface area contributed by atoms with Crippen molar-refractivity contribution in [1.29, 1.82) is 0 Å². The number of piperidine rings is 1. The number of sulfonamides is 1. The van der Waals surface area contributed by atoms with Gasteiger partial charge in [0.05, 0.1) is 4.90 Å². The van der Waals surface area contributed by atoms with Gasteiger partial charge < -0.3 is 9.32 Å². The van der Waals surface area contributed by atoms with E-state index in [0.717, 1.165) is 10.9 Å². The van der Waals surface area contributed by atoms with Gasteiger partial charge in [0.25, 0.3) is 11.7 Å². The third-order valence-corrected chi connectivity index (χ3v) is 7.78. The van der Waals surface area contributed by atoms with E-state index in [1.807, 2.05) is 30.3 Å². The van der Waals surface area contributed by atoms with Crippen molar-refractivity contribution in [2.24, 2.45) is 5.92 Å².